The van der Waals surface area contributed by atoms with Gasteiger partial charge >= 0.3 is 6.09 Å². The van der Waals surface area contributed by atoms with Gasteiger partial charge in [-0.3, -0.25) is 9.59 Å². The molecule has 1 aliphatic heterocycles. The number of benzene rings is 1. The van der Waals surface area contributed by atoms with Crippen molar-refractivity contribution >= 4 is 17.9 Å². The smallest absolute Gasteiger partial charge is 0.408 e. The second-order valence-corrected chi connectivity index (χ2v) is 7.24. The van der Waals surface area contributed by atoms with E-state index in [9.17, 15) is 14.4 Å². The molecule has 0 radical (unpaired) electrons. The van der Waals surface area contributed by atoms with Gasteiger partial charge in [0.25, 0.3) is 0 Å². The van der Waals surface area contributed by atoms with Gasteiger partial charge in [-0.2, -0.15) is 0 Å². The van der Waals surface area contributed by atoms with E-state index in [0.29, 0.717) is 13.0 Å². The summed E-state index contributed by atoms with van der Waals surface area (Å²) in [5, 5.41) is 5.66. The fourth-order valence-electron chi connectivity index (χ4n) is 3.99. The molecule has 0 unspecified atom stereocenters. The minimum absolute atomic E-state index is 0.00212. The SMILES string of the molecule is CC(=O)N[C@@H]1CCCC[C@@H]1N1CC[C@H](NC(=O)OCc2ccccc2)C1=O. The summed E-state index contributed by atoms with van der Waals surface area (Å²) >= 11 is 0. The molecule has 1 saturated heterocycles. The molecule has 2 fully saturated rings. The minimum Gasteiger partial charge on any atom is -0.445 e. The van der Waals surface area contributed by atoms with Crippen molar-refractivity contribution in [1.82, 2.24) is 15.5 Å². The van der Waals surface area contributed by atoms with Crippen LogP contribution in [0, 0.1) is 0 Å². The zero-order valence-corrected chi connectivity index (χ0v) is 15.6. The summed E-state index contributed by atoms with van der Waals surface area (Å²) in [6.07, 6.45) is 3.83. The lowest BCUT2D eigenvalue weighted by molar-refractivity contribution is -0.133. The van der Waals surface area contributed by atoms with Crippen LogP contribution in [0.25, 0.3) is 0 Å². The van der Waals surface area contributed by atoms with E-state index in [2.05, 4.69) is 10.6 Å². The number of amides is 3. The first kappa shape index (κ1) is 19.2. The van der Waals surface area contributed by atoms with Crippen LogP contribution in [0.1, 0.15) is 44.6 Å². The maximum Gasteiger partial charge on any atom is 0.408 e. The van der Waals surface area contributed by atoms with Crippen molar-refractivity contribution in [3.8, 4) is 0 Å². The number of rotatable bonds is 5. The number of carbonyl (C=O) groups excluding carboxylic acids is 3. The van der Waals surface area contributed by atoms with Gasteiger partial charge in [0, 0.05) is 19.5 Å². The van der Waals surface area contributed by atoms with Gasteiger partial charge in [0.2, 0.25) is 11.8 Å². The van der Waals surface area contributed by atoms with Crippen LogP contribution in [0.2, 0.25) is 0 Å². The Bertz CT molecular complexity index is 679. The molecule has 1 heterocycles. The van der Waals surface area contributed by atoms with Crippen LogP contribution in [0.5, 0.6) is 0 Å². The van der Waals surface area contributed by atoms with E-state index < -0.39 is 12.1 Å². The molecule has 7 nitrogen and oxygen atoms in total. The zero-order valence-electron chi connectivity index (χ0n) is 15.6. The Morgan fingerprint density at radius 1 is 1.11 bits per heavy atom. The highest BCUT2D eigenvalue weighted by atomic mass is 16.5. The fraction of sp³-hybridized carbons (Fsp3) is 0.550. The molecule has 27 heavy (non-hydrogen) atoms. The lowest BCUT2D eigenvalue weighted by Crippen LogP contribution is -2.54. The van der Waals surface area contributed by atoms with Crippen molar-refractivity contribution in [3.05, 3.63) is 35.9 Å². The second kappa shape index (κ2) is 8.88. The standard InChI is InChI=1S/C20H27N3O4/c1-14(24)21-16-9-5-6-10-18(16)23-12-11-17(19(23)25)22-20(26)27-13-15-7-3-2-4-8-15/h2-4,7-8,16-18H,5-6,9-13H2,1H3,(H,21,24)(H,22,26)/t16-,17+,18+/m1/s1. The van der Waals surface area contributed by atoms with E-state index in [-0.39, 0.29) is 30.5 Å². The fourth-order valence-corrected chi connectivity index (χ4v) is 3.99. The van der Waals surface area contributed by atoms with E-state index in [4.69, 9.17) is 4.74 Å². The van der Waals surface area contributed by atoms with E-state index in [1.165, 1.54) is 6.92 Å². The van der Waals surface area contributed by atoms with Gasteiger partial charge in [-0.25, -0.2) is 4.79 Å². The predicted octanol–water partition coefficient (Wildman–Crippen LogP) is 1.96. The molecule has 2 N–H and O–H groups in total. The van der Waals surface area contributed by atoms with E-state index >= 15 is 0 Å². The Hall–Kier alpha value is -2.57. The number of likely N-dealkylation sites (tertiary alicyclic amines) is 1. The summed E-state index contributed by atoms with van der Waals surface area (Å²) in [5.74, 6) is -0.161. The van der Waals surface area contributed by atoms with Crippen molar-refractivity contribution < 1.29 is 19.1 Å². The van der Waals surface area contributed by atoms with Crippen molar-refractivity contribution in [2.75, 3.05) is 6.54 Å². The van der Waals surface area contributed by atoms with Crippen molar-refractivity contribution in [3.63, 3.8) is 0 Å². The molecule has 2 aliphatic rings. The van der Waals surface area contributed by atoms with Crippen LogP contribution in [-0.2, 0) is 20.9 Å². The summed E-state index contributed by atoms with van der Waals surface area (Å²) in [4.78, 5) is 38.1. The Morgan fingerprint density at radius 3 is 2.59 bits per heavy atom. The third-order valence-corrected chi connectivity index (χ3v) is 5.26. The summed E-state index contributed by atoms with van der Waals surface area (Å²) in [7, 11) is 0. The first-order valence-corrected chi connectivity index (χ1v) is 9.59. The van der Waals surface area contributed by atoms with Gasteiger partial charge < -0.3 is 20.3 Å². The molecule has 0 spiro atoms. The maximum absolute atomic E-state index is 12.8. The molecule has 0 bridgehead atoms. The van der Waals surface area contributed by atoms with Crippen LogP contribution >= 0.6 is 0 Å². The third-order valence-electron chi connectivity index (χ3n) is 5.26. The molecule has 0 aromatic heterocycles. The molecule has 1 aromatic carbocycles. The normalized spacial score (nSPS) is 25.1. The molecular weight excluding hydrogens is 346 g/mol. The highest BCUT2D eigenvalue weighted by molar-refractivity contribution is 5.87. The number of nitrogens with one attached hydrogen (secondary N) is 2. The molecule has 3 atom stereocenters. The van der Waals surface area contributed by atoms with Gasteiger partial charge in [-0.15, -0.1) is 0 Å². The lowest BCUT2D eigenvalue weighted by Gasteiger charge is -2.38. The molecule has 3 amide bonds. The number of hydrogen-bond acceptors (Lipinski definition) is 4. The molecule has 7 heteroatoms. The Balaban J connectivity index is 1.52. The highest BCUT2D eigenvalue weighted by Crippen LogP contribution is 2.27. The summed E-state index contributed by atoms with van der Waals surface area (Å²) in [5.41, 5.74) is 0.896. The average molecular weight is 373 g/mol. The maximum atomic E-state index is 12.8. The van der Waals surface area contributed by atoms with Crippen LogP contribution in [-0.4, -0.2) is 47.5 Å². The lowest BCUT2D eigenvalue weighted by atomic mass is 9.89. The summed E-state index contributed by atoms with van der Waals surface area (Å²) in [6.45, 7) is 2.26. The molecular formula is C20H27N3O4. The van der Waals surface area contributed by atoms with Gasteiger partial charge in [0.15, 0.2) is 0 Å². The number of carbonyl (C=O) groups is 3. The van der Waals surface area contributed by atoms with Crippen LogP contribution in [0.15, 0.2) is 30.3 Å². The van der Waals surface area contributed by atoms with Gasteiger partial charge in [-0.05, 0) is 24.8 Å². The first-order chi connectivity index (χ1) is 13.0. The Morgan fingerprint density at radius 2 is 1.85 bits per heavy atom. The summed E-state index contributed by atoms with van der Waals surface area (Å²) < 4.78 is 5.22. The van der Waals surface area contributed by atoms with Crippen molar-refractivity contribution in [2.45, 2.75) is 63.8 Å². The Kier molecular flexibility index (Phi) is 6.32. The number of hydrogen-bond donors (Lipinski definition) is 2. The van der Waals surface area contributed by atoms with E-state index in [1.807, 2.05) is 35.2 Å². The van der Waals surface area contributed by atoms with E-state index in [0.717, 1.165) is 31.2 Å². The first-order valence-electron chi connectivity index (χ1n) is 9.59. The number of nitrogens with zero attached hydrogens (tertiary/aromatic N) is 1. The Labute approximate surface area is 159 Å². The average Bonchev–Trinajstić information content (AvgIpc) is 3.01. The molecule has 146 valence electrons. The predicted molar refractivity (Wildman–Crippen MR) is 99.7 cm³/mol. The monoisotopic (exact) mass is 373 g/mol. The number of alkyl carbamates (subject to hydrolysis) is 1. The minimum atomic E-state index is -0.582. The molecule has 1 aliphatic carbocycles. The van der Waals surface area contributed by atoms with E-state index in [1.54, 1.807) is 0 Å². The quantitative estimate of drug-likeness (QED) is 0.826. The summed E-state index contributed by atoms with van der Waals surface area (Å²) in [6, 6.07) is 8.84. The van der Waals surface area contributed by atoms with Gasteiger partial charge in [0.1, 0.15) is 12.6 Å². The van der Waals surface area contributed by atoms with Crippen LogP contribution < -0.4 is 10.6 Å². The molecule has 1 aromatic rings. The topological polar surface area (TPSA) is 87.7 Å². The number of ether oxygens (including phenoxy) is 1. The second-order valence-electron chi connectivity index (χ2n) is 7.24. The zero-order chi connectivity index (χ0) is 19.2. The molecule has 3 rings (SSSR count). The van der Waals surface area contributed by atoms with Crippen LogP contribution in [0.4, 0.5) is 4.79 Å². The van der Waals surface area contributed by atoms with Gasteiger partial charge in [-0.1, -0.05) is 43.2 Å². The molecule has 1 saturated carbocycles. The largest absolute Gasteiger partial charge is 0.445 e. The highest BCUT2D eigenvalue weighted by Gasteiger charge is 2.40. The van der Waals surface area contributed by atoms with Crippen molar-refractivity contribution in [2.24, 2.45) is 0 Å². The third kappa shape index (κ3) is 4.99. The van der Waals surface area contributed by atoms with Crippen molar-refractivity contribution in [1.29, 1.82) is 0 Å². The van der Waals surface area contributed by atoms with Crippen LogP contribution in [0.3, 0.4) is 0 Å². The van der Waals surface area contributed by atoms with Gasteiger partial charge in [0.05, 0.1) is 6.04 Å².